The van der Waals surface area contributed by atoms with Gasteiger partial charge in [-0.15, -0.1) is 23.7 Å². The first-order valence-electron chi connectivity index (χ1n) is 3.77. The van der Waals surface area contributed by atoms with Crippen molar-refractivity contribution in [1.29, 1.82) is 0 Å². The van der Waals surface area contributed by atoms with Crippen molar-refractivity contribution in [2.75, 3.05) is 0 Å². The van der Waals surface area contributed by atoms with Gasteiger partial charge in [0, 0.05) is 16.3 Å². The van der Waals surface area contributed by atoms with Gasteiger partial charge < -0.3 is 5.73 Å². The van der Waals surface area contributed by atoms with Gasteiger partial charge in [-0.25, -0.2) is 0 Å². The van der Waals surface area contributed by atoms with E-state index in [9.17, 15) is 0 Å². The monoisotopic (exact) mass is 223 g/mol. The van der Waals surface area contributed by atoms with Crippen LogP contribution in [-0.4, -0.2) is 6.04 Å². The van der Waals surface area contributed by atoms with E-state index in [2.05, 4.69) is 0 Å². The van der Waals surface area contributed by atoms with Crippen LogP contribution >= 0.6 is 35.3 Å². The van der Waals surface area contributed by atoms with E-state index in [-0.39, 0.29) is 12.4 Å². The van der Waals surface area contributed by atoms with Gasteiger partial charge in [-0.1, -0.05) is 11.6 Å². The Kier molecular flexibility index (Phi) is 3.41. The third-order valence-corrected chi connectivity index (χ3v) is 3.66. The van der Waals surface area contributed by atoms with E-state index >= 15 is 0 Å². The van der Waals surface area contributed by atoms with Crippen LogP contribution in [0.25, 0.3) is 0 Å². The quantitative estimate of drug-likeness (QED) is 0.720. The number of fused-ring (bicyclic) bond motifs is 1. The van der Waals surface area contributed by atoms with Crippen molar-refractivity contribution in [3.05, 3.63) is 20.8 Å². The third kappa shape index (κ3) is 1.77. The highest BCUT2D eigenvalue weighted by Gasteiger charge is 2.18. The fraction of sp³-hybridized carbons (Fsp3) is 0.500. The van der Waals surface area contributed by atoms with Crippen LogP contribution in [-0.2, 0) is 12.8 Å². The largest absolute Gasteiger partial charge is 0.327 e. The molecule has 1 unspecified atom stereocenters. The summed E-state index contributed by atoms with van der Waals surface area (Å²) in [5.41, 5.74) is 7.17. The Morgan fingerprint density at radius 1 is 1.58 bits per heavy atom. The molecule has 1 nitrogen and oxygen atoms in total. The summed E-state index contributed by atoms with van der Waals surface area (Å²) in [5, 5.41) is 2.96. The van der Waals surface area contributed by atoms with Crippen LogP contribution in [0.4, 0.5) is 0 Å². The highest BCUT2D eigenvalue weighted by Crippen LogP contribution is 2.32. The van der Waals surface area contributed by atoms with Gasteiger partial charge in [0.25, 0.3) is 0 Å². The minimum absolute atomic E-state index is 0. The van der Waals surface area contributed by atoms with E-state index in [0.717, 1.165) is 24.3 Å². The Hall–Kier alpha value is 0.240. The maximum atomic E-state index is 5.98. The molecule has 1 aliphatic carbocycles. The fourth-order valence-electron chi connectivity index (χ4n) is 1.50. The first-order valence-corrected chi connectivity index (χ1v) is 5.03. The minimum atomic E-state index is 0. The molecule has 0 amide bonds. The van der Waals surface area contributed by atoms with E-state index in [0.29, 0.717) is 6.04 Å². The minimum Gasteiger partial charge on any atom is -0.327 e. The Morgan fingerprint density at radius 3 is 3.08 bits per heavy atom. The molecule has 2 rings (SSSR count). The molecule has 1 heterocycles. The normalized spacial score (nSPS) is 21.3. The first kappa shape index (κ1) is 10.3. The van der Waals surface area contributed by atoms with Crippen molar-refractivity contribution >= 4 is 35.3 Å². The predicted molar refractivity (Wildman–Crippen MR) is 56.6 cm³/mol. The molecule has 2 N–H and O–H groups in total. The molecular formula is C8H11Cl2NS. The molecule has 0 aliphatic heterocycles. The van der Waals surface area contributed by atoms with Crippen molar-refractivity contribution in [1.82, 2.24) is 0 Å². The molecule has 1 aliphatic rings. The van der Waals surface area contributed by atoms with Gasteiger partial charge in [-0.3, -0.25) is 0 Å². The molecule has 12 heavy (non-hydrogen) atoms. The van der Waals surface area contributed by atoms with Crippen LogP contribution in [0.3, 0.4) is 0 Å². The first-order chi connectivity index (χ1) is 5.27. The lowest BCUT2D eigenvalue weighted by molar-refractivity contribution is 0.584. The second kappa shape index (κ2) is 3.97. The standard InChI is InChI=1S/C8H10ClNS.ClH/c9-7-4-11-8-3-5(10)1-2-6(7)8;/h4-5H,1-3,10H2;1H. The van der Waals surface area contributed by atoms with Gasteiger partial charge in [-0.05, 0) is 24.8 Å². The summed E-state index contributed by atoms with van der Waals surface area (Å²) < 4.78 is 0. The summed E-state index contributed by atoms with van der Waals surface area (Å²) in [6.07, 6.45) is 3.18. The summed E-state index contributed by atoms with van der Waals surface area (Å²) in [6, 6.07) is 0.359. The lowest BCUT2D eigenvalue weighted by atomic mass is 9.96. The molecular weight excluding hydrogens is 213 g/mol. The van der Waals surface area contributed by atoms with Crippen LogP contribution in [0, 0.1) is 0 Å². The number of rotatable bonds is 0. The summed E-state index contributed by atoms with van der Waals surface area (Å²) in [7, 11) is 0. The van der Waals surface area contributed by atoms with E-state index in [1.54, 1.807) is 11.3 Å². The average Bonchev–Trinajstić information content (AvgIpc) is 2.32. The zero-order valence-corrected chi connectivity index (χ0v) is 8.94. The summed E-state index contributed by atoms with van der Waals surface area (Å²) in [5.74, 6) is 0. The smallest absolute Gasteiger partial charge is 0.0547 e. The summed E-state index contributed by atoms with van der Waals surface area (Å²) >= 11 is 7.72. The summed E-state index contributed by atoms with van der Waals surface area (Å²) in [6.45, 7) is 0. The van der Waals surface area contributed by atoms with Gasteiger partial charge in [0.05, 0.1) is 5.02 Å². The third-order valence-electron chi connectivity index (χ3n) is 2.14. The zero-order chi connectivity index (χ0) is 7.84. The van der Waals surface area contributed by atoms with Crippen LogP contribution in [0.15, 0.2) is 5.38 Å². The maximum absolute atomic E-state index is 5.98. The van der Waals surface area contributed by atoms with Crippen molar-refractivity contribution < 1.29 is 0 Å². The van der Waals surface area contributed by atoms with Crippen molar-refractivity contribution in [2.24, 2.45) is 5.73 Å². The van der Waals surface area contributed by atoms with E-state index in [4.69, 9.17) is 17.3 Å². The second-order valence-corrected chi connectivity index (χ2v) is 4.36. The molecule has 0 aromatic carbocycles. The maximum Gasteiger partial charge on any atom is 0.0547 e. The Bertz CT molecular complexity index is 272. The number of hydrogen-bond acceptors (Lipinski definition) is 2. The Balaban J connectivity index is 0.000000720. The molecule has 0 saturated carbocycles. The lowest BCUT2D eigenvalue weighted by Gasteiger charge is -2.17. The molecule has 68 valence electrons. The van der Waals surface area contributed by atoms with Gasteiger partial charge >= 0.3 is 0 Å². The van der Waals surface area contributed by atoms with E-state index in [1.807, 2.05) is 5.38 Å². The van der Waals surface area contributed by atoms with Crippen LogP contribution in [0.2, 0.25) is 5.02 Å². The van der Waals surface area contributed by atoms with Crippen LogP contribution in [0.1, 0.15) is 16.9 Å². The van der Waals surface area contributed by atoms with Gasteiger partial charge in [-0.2, -0.15) is 0 Å². The molecule has 0 saturated heterocycles. The second-order valence-electron chi connectivity index (χ2n) is 2.99. The summed E-state index contributed by atoms with van der Waals surface area (Å²) in [4.78, 5) is 1.40. The Labute approximate surface area is 87.3 Å². The highest BCUT2D eigenvalue weighted by molar-refractivity contribution is 7.10. The van der Waals surface area contributed by atoms with Gasteiger partial charge in [0.1, 0.15) is 0 Å². The van der Waals surface area contributed by atoms with Crippen molar-refractivity contribution in [2.45, 2.75) is 25.3 Å². The number of thiophene rings is 1. The van der Waals surface area contributed by atoms with Crippen molar-refractivity contribution in [3.8, 4) is 0 Å². The van der Waals surface area contributed by atoms with E-state index in [1.165, 1.54) is 10.4 Å². The van der Waals surface area contributed by atoms with Crippen LogP contribution < -0.4 is 5.73 Å². The topological polar surface area (TPSA) is 26.0 Å². The predicted octanol–water partition coefficient (Wildman–Crippen LogP) is 2.64. The molecule has 1 aromatic heterocycles. The lowest BCUT2D eigenvalue weighted by Crippen LogP contribution is -2.26. The SMILES string of the molecule is Cl.NC1CCc2c(Cl)csc2C1. The average molecular weight is 224 g/mol. The number of hydrogen-bond donors (Lipinski definition) is 1. The molecule has 1 atom stereocenters. The highest BCUT2D eigenvalue weighted by atomic mass is 35.5. The van der Waals surface area contributed by atoms with Crippen LogP contribution in [0.5, 0.6) is 0 Å². The fourth-order valence-corrected chi connectivity index (χ4v) is 2.95. The van der Waals surface area contributed by atoms with Gasteiger partial charge in [0.2, 0.25) is 0 Å². The molecule has 4 heteroatoms. The molecule has 0 radical (unpaired) electrons. The Morgan fingerprint density at radius 2 is 2.33 bits per heavy atom. The van der Waals surface area contributed by atoms with Crippen molar-refractivity contribution in [3.63, 3.8) is 0 Å². The molecule has 0 fully saturated rings. The zero-order valence-electron chi connectivity index (χ0n) is 6.55. The number of nitrogens with two attached hydrogens (primary N) is 1. The number of halogens is 2. The van der Waals surface area contributed by atoms with Gasteiger partial charge in [0.15, 0.2) is 0 Å². The molecule has 0 spiro atoms. The van der Waals surface area contributed by atoms with E-state index < -0.39 is 0 Å². The molecule has 0 bridgehead atoms. The molecule has 1 aromatic rings.